The highest BCUT2D eigenvalue weighted by Gasteiger charge is 2.46. The Morgan fingerprint density at radius 1 is 1.19 bits per heavy atom. The number of anilines is 1. The number of nitrogens with one attached hydrogen (secondary N) is 1. The van der Waals surface area contributed by atoms with Gasteiger partial charge in [-0.2, -0.15) is 0 Å². The quantitative estimate of drug-likeness (QED) is 0.849. The molecule has 106 valence electrons. The SMILES string of the molecule is Cc1cccc(C(=O)CC2(O)C(=O)Nc3ccccc32)c1. The largest absolute Gasteiger partial charge is 0.375 e. The Bertz CT molecular complexity index is 738. The Hall–Kier alpha value is -2.46. The number of hydrogen-bond acceptors (Lipinski definition) is 3. The Kier molecular flexibility index (Phi) is 3.11. The molecular formula is C17H15NO3. The first kappa shape index (κ1) is 13.5. The fraction of sp³-hybridized carbons (Fsp3) is 0.176. The van der Waals surface area contributed by atoms with Gasteiger partial charge in [-0.15, -0.1) is 0 Å². The van der Waals surface area contributed by atoms with Gasteiger partial charge in [0.05, 0.1) is 6.42 Å². The molecule has 0 saturated heterocycles. The van der Waals surface area contributed by atoms with Crippen molar-refractivity contribution in [3.63, 3.8) is 0 Å². The summed E-state index contributed by atoms with van der Waals surface area (Å²) in [5.74, 6) is -0.808. The molecule has 0 saturated carbocycles. The zero-order valence-corrected chi connectivity index (χ0v) is 11.6. The van der Waals surface area contributed by atoms with E-state index in [9.17, 15) is 14.7 Å². The van der Waals surface area contributed by atoms with E-state index in [-0.39, 0.29) is 12.2 Å². The number of Topliss-reactive ketones (excluding diaryl/α,β-unsaturated/α-hetero) is 1. The van der Waals surface area contributed by atoms with Crippen LogP contribution in [0.4, 0.5) is 5.69 Å². The molecule has 0 fully saturated rings. The molecule has 1 unspecified atom stereocenters. The van der Waals surface area contributed by atoms with E-state index in [1.165, 1.54) is 0 Å². The minimum absolute atomic E-state index is 0.256. The third kappa shape index (κ3) is 2.23. The topological polar surface area (TPSA) is 66.4 Å². The number of carbonyl (C=O) groups excluding carboxylic acids is 2. The fourth-order valence-corrected chi connectivity index (χ4v) is 2.63. The smallest absolute Gasteiger partial charge is 0.261 e. The summed E-state index contributed by atoms with van der Waals surface area (Å²) >= 11 is 0. The highest BCUT2D eigenvalue weighted by Crippen LogP contribution is 2.38. The number of aliphatic hydroxyl groups is 1. The predicted molar refractivity (Wildman–Crippen MR) is 79.1 cm³/mol. The third-order valence-corrected chi connectivity index (χ3v) is 3.75. The summed E-state index contributed by atoms with van der Waals surface area (Å²) in [4.78, 5) is 24.4. The van der Waals surface area contributed by atoms with Crippen molar-refractivity contribution in [3.05, 3.63) is 65.2 Å². The third-order valence-electron chi connectivity index (χ3n) is 3.75. The van der Waals surface area contributed by atoms with E-state index in [4.69, 9.17) is 0 Å². The number of carbonyl (C=O) groups is 2. The first-order valence-corrected chi connectivity index (χ1v) is 6.74. The molecule has 1 aliphatic rings. The van der Waals surface area contributed by atoms with Crippen LogP contribution in [-0.2, 0) is 10.4 Å². The Balaban J connectivity index is 1.94. The molecule has 0 aliphatic carbocycles. The first-order valence-electron chi connectivity index (χ1n) is 6.74. The Morgan fingerprint density at radius 2 is 1.95 bits per heavy atom. The molecule has 4 heteroatoms. The molecule has 1 amide bonds. The number of ketones is 1. The van der Waals surface area contributed by atoms with Gasteiger partial charge < -0.3 is 10.4 Å². The van der Waals surface area contributed by atoms with Crippen LogP contribution in [0.2, 0.25) is 0 Å². The van der Waals surface area contributed by atoms with Crippen LogP contribution in [0.15, 0.2) is 48.5 Å². The zero-order valence-electron chi connectivity index (χ0n) is 11.6. The molecule has 4 nitrogen and oxygen atoms in total. The lowest BCUT2D eigenvalue weighted by molar-refractivity contribution is -0.133. The van der Waals surface area contributed by atoms with Crippen molar-refractivity contribution in [1.29, 1.82) is 0 Å². The maximum Gasteiger partial charge on any atom is 0.261 e. The lowest BCUT2D eigenvalue weighted by Gasteiger charge is -2.20. The van der Waals surface area contributed by atoms with Crippen LogP contribution in [0, 0.1) is 6.92 Å². The van der Waals surface area contributed by atoms with Crippen LogP contribution in [-0.4, -0.2) is 16.8 Å². The molecule has 1 heterocycles. The van der Waals surface area contributed by atoms with Gasteiger partial charge >= 0.3 is 0 Å². The van der Waals surface area contributed by atoms with Crippen LogP contribution in [0.25, 0.3) is 0 Å². The van der Waals surface area contributed by atoms with E-state index < -0.39 is 11.5 Å². The minimum Gasteiger partial charge on any atom is -0.375 e. The summed E-state index contributed by atoms with van der Waals surface area (Å²) in [6, 6.07) is 14.0. The van der Waals surface area contributed by atoms with Crippen LogP contribution >= 0.6 is 0 Å². The standard InChI is InChI=1S/C17H15NO3/c1-11-5-4-6-12(9-11)15(19)10-17(21)13-7-2-3-8-14(13)18-16(17)20/h2-9,21H,10H2,1H3,(H,18,20). The maximum absolute atomic E-state index is 12.4. The number of benzene rings is 2. The molecular weight excluding hydrogens is 266 g/mol. The summed E-state index contributed by atoms with van der Waals surface area (Å²) in [7, 11) is 0. The van der Waals surface area contributed by atoms with Gasteiger partial charge in [-0.05, 0) is 19.1 Å². The fourth-order valence-electron chi connectivity index (χ4n) is 2.63. The monoisotopic (exact) mass is 281 g/mol. The number of aryl methyl sites for hydroxylation is 1. The Morgan fingerprint density at radius 3 is 2.71 bits per heavy atom. The normalized spacial score (nSPS) is 20.0. The van der Waals surface area contributed by atoms with E-state index in [0.29, 0.717) is 16.8 Å². The van der Waals surface area contributed by atoms with Gasteiger partial charge in [-0.3, -0.25) is 9.59 Å². The van der Waals surface area contributed by atoms with Crippen molar-refractivity contribution in [2.45, 2.75) is 18.9 Å². The average molecular weight is 281 g/mol. The van der Waals surface area contributed by atoms with Crippen molar-refractivity contribution in [1.82, 2.24) is 0 Å². The van der Waals surface area contributed by atoms with Crippen molar-refractivity contribution >= 4 is 17.4 Å². The second kappa shape index (κ2) is 4.82. The molecule has 1 atom stereocenters. The van der Waals surface area contributed by atoms with Crippen molar-refractivity contribution < 1.29 is 14.7 Å². The molecule has 2 aromatic rings. The van der Waals surface area contributed by atoms with Crippen LogP contribution in [0.5, 0.6) is 0 Å². The van der Waals surface area contributed by atoms with Crippen molar-refractivity contribution in [2.75, 3.05) is 5.32 Å². The lowest BCUT2D eigenvalue weighted by atomic mass is 9.88. The summed E-state index contributed by atoms with van der Waals surface area (Å²) in [5.41, 5.74) is 0.681. The summed E-state index contributed by atoms with van der Waals surface area (Å²) in [6.45, 7) is 1.89. The zero-order chi connectivity index (χ0) is 15.0. The van der Waals surface area contributed by atoms with E-state index in [0.717, 1.165) is 5.56 Å². The molecule has 0 aromatic heterocycles. The number of fused-ring (bicyclic) bond motifs is 1. The van der Waals surface area contributed by atoms with Crippen LogP contribution in [0.3, 0.4) is 0 Å². The molecule has 3 rings (SSSR count). The van der Waals surface area contributed by atoms with Gasteiger partial charge in [-0.1, -0.05) is 42.0 Å². The number of amides is 1. The van der Waals surface area contributed by atoms with Gasteiger partial charge in [0, 0.05) is 16.8 Å². The van der Waals surface area contributed by atoms with Crippen LogP contribution < -0.4 is 5.32 Å². The van der Waals surface area contributed by atoms with E-state index in [1.54, 1.807) is 42.5 Å². The second-order valence-electron chi connectivity index (χ2n) is 5.33. The molecule has 2 N–H and O–H groups in total. The van der Waals surface area contributed by atoms with Crippen molar-refractivity contribution in [2.24, 2.45) is 0 Å². The van der Waals surface area contributed by atoms with Gasteiger partial charge in [0.1, 0.15) is 0 Å². The average Bonchev–Trinajstić information content (AvgIpc) is 2.71. The van der Waals surface area contributed by atoms with Gasteiger partial charge in [-0.25, -0.2) is 0 Å². The molecule has 0 bridgehead atoms. The predicted octanol–water partition coefficient (Wildman–Crippen LogP) is 2.41. The van der Waals surface area contributed by atoms with Crippen LogP contribution in [0.1, 0.15) is 27.9 Å². The van der Waals surface area contributed by atoms with E-state index >= 15 is 0 Å². The maximum atomic E-state index is 12.4. The molecule has 0 radical (unpaired) electrons. The number of para-hydroxylation sites is 1. The summed E-state index contributed by atoms with van der Waals surface area (Å²) in [6.07, 6.45) is -0.265. The highest BCUT2D eigenvalue weighted by atomic mass is 16.3. The molecule has 21 heavy (non-hydrogen) atoms. The summed E-state index contributed by atoms with van der Waals surface area (Å²) < 4.78 is 0. The molecule has 0 spiro atoms. The highest BCUT2D eigenvalue weighted by molar-refractivity contribution is 6.09. The molecule has 1 aliphatic heterocycles. The van der Waals surface area contributed by atoms with Gasteiger partial charge in [0.15, 0.2) is 11.4 Å². The van der Waals surface area contributed by atoms with Gasteiger partial charge in [0.25, 0.3) is 5.91 Å². The Labute approximate surface area is 122 Å². The lowest BCUT2D eigenvalue weighted by Crippen LogP contribution is -2.36. The minimum atomic E-state index is -1.79. The summed E-state index contributed by atoms with van der Waals surface area (Å²) in [5, 5.41) is 13.3. The first-order chi connectivity index (χ1) is 10.0. The van der Waals surface area contributed by atoms with Gasteiger partial charge in [0.2, 0.25) is 0 Å². The molecule has 2 aromatic carbocycles. The number of hydrogen-bond donors (Lipinski definition) is 2. The number of rotatable bonds is 3. The second-order valence-corrected chi connectivity index (χ2v) is 5.33. The van der Waals surface area contributed by atoms with Crippen molar-refractivity contribution in [3.8, 4) is 0 Å². The van der Waals surface area contributed by atoms with E-state index in [1.807, 2.05) is 13.0 Å². The van der Waals surface area contributed by atoms with E-state index in [2.05, 4.69) is 5.32 Å².